The molecule has 0 saturated carbocycles. The van der Waals surface area contributed by atoms with Crippen LogP contribution in [0.15, 0.2) is 54.7 Å². The highest BCUT2D eigenvalue weighted by Gasteiger charge is 2.22. The first-order valence-corrected chi connectivity index (χ1v) is 8.71. The molecule has 3 aromatic rings. The van der Waals surface area contributed by atoms with Gasteiger partial charge in [0.1, 0.15) is 0 Å². The van der Waals surface area contributed by atoms with Gasteiger partial charge in [-0.1, -0.05) is 41.9 Å². The molecule has 0 saturated heterocycles. The highest BCUT2D eigenvalue weighted by Crippen LogP contribution is 2.32. The Morgan fingerprint density at radius 2 is 2.04 bits per heavy atom. The van der Waals surface area contributed by atoms with Gasteiger partial charge in [0.15, 0.2) is 5.82 Å². The van der Waals surface area contributed by atoms with Crippen LogP contribution in [-0.2, 0) is 12.8 Å². The monoisotopic (exact) mass is 351 g/mol. The van der Waals surface area contributed by atoms with Gasteiger partial charge < -0.3 is 10.2 Å². The van der Waals surface area contributed by atoms with Crippen LogP contribution in [0.4, 0.5) is 17.5 Å². The third-order valence-electron chi connectivity index (χ3n) is 4.29. The molecule has 0 amide bonds. The number of hydrogen-bond donors (Lipinski definition) is 1. The van der Waals surface area contributed by atoms with Crippen LogP contribution >= 0.6 is 11.6 Å². The summed E-state index contributed by atoms with van der Waals surface area (Å²) in [6.07, 6.45) is 3.53. The zero-order valence-electron chi connectivity index (χ0n) is 13.7. The Morgan fingerprint density at radius 3 is 2.96 bits per heavy atom. The second kappa shape index (κ2) is 7.07. The van der Waals surface area contributed by atoms with Gasteiger partial charge in [-0.05, 0) is 42.2 Å². The van der Waals surface area contributed by atoms with E-state index in [2.05, 4.69) is 49.7 Å². The lowest BCUT2D eigenvalue weighted by atomic mass is 10.1. The number of benzene rings is 2. The molecule has 0 atom stereocenters. The standard InChI is InChI=1S/C19H18ClN5/c20-16-6-3-4-14(12-16)8-10-21-18-13-22-24-19(23-18)25-11-9-15-5-1-2-7-17(15)25/h1-7,12-13H,8-11H2,(H,21,23,24). The lowest BCUT2D eigenvalue weighted by Crippen LogP contribution is -2.18. The molecule has 0 aliphatic carbocycles. The summed E-state index contributed by atoms with van der Waals surface area (Å²) in [5, 5.41) is 12.4. The fourth-order valence-corrected chi connectivity index (χ4v) is 3.28. The largest absolute Gasteiger partial charge is 0.368 e. The minimum Gasteiger partial charge on any atom is -0.368 e. The minimum absolute atomic E-state index is 0.637. The Morgan fingerprint density at radius 1 is 1.12 bits per heavy atom. The van der Waals surface area contributed by atoms with E-state index in [1.807, 2.05) is 24.3 Å². The van der Waals surface area contributed by atoms with Gasteiger partial charge in [0, 0.05) is 23.8 Å². The van der Waals surface area contributed by atoms with Crippen LogP contribution < -0.4 is 10.2 Å². The van der Waals surface area contributed by atoms with Gasteiger partial charge >= 0.3 is 0 Å². The molecule has 126 valence electrons. The van der Waals surface area contributed by atoms with Crippen LogP contribution in [0.25, 0.3) is 0 Å². The predicted octanol–water partition coefficient (Wildman–Crippen LogP) is 3.87. The molecule has 0 fully saturated rings. The fourth-order valence-electron chi connectivity index (χ4n) is 3.07. The first-order valence-electron chi connectivity index (χ1n) is 8.33. The molecule has 6 heteroatoms. The Bertz CT molecular complexity index is 883. The van der Waals surface area contributed by atoms with E-state index >= 15 is 0 Å². The molecule has 2 heterocycles. The van der Waals surface area contributed by atoms with Crippen molar-refractivity contribution in [1.29, 1.82) is 0 Å². The van der Waals surface area contributed by atoms with E-state index in [4.69, 9.17) is 11.6 Å². The predicted molar refractivity (Wildman–Crippen MR) is 101 cm³/mol. The summed E-state index contributed by atoms with van der Waals surface area (Å²) in [4.78, 5) is 6.73. The summed E-state index contributed by atoms with van der Waals surface area (Å²) in [6.45, 7) is 1.64. The van der Waals surface area contributed by atoms with Gasteiger partial charge in [-0.2, -0.15) is 10.1 Å². The summed E-state index contributed by atoms with van der Waals surface area (Å²) >= 11 is 6.02. The Labute approximate surface area is 151 Å². The number of nitrogens with zero attached hydrogens (tertiary/aromatic N) is 4. The van der Waals surface area contributed by atoms with E-state index in [0.29, 0.717) is 5.95 Å². The van der Waals surface area contributed by atoms with Crippen LogP contribution in [0.1, 0.15) is 11.1 Å². The van der Waals surface area contributed by atoms with Crippen molar-refractivity contribution in [2.24, 2.45) is 0 Å². The summed E-state index contributed by atoms with van der Waals surface area (Å²) in [5.41, 5.74) is 3.68. The van der Waals surface area contributed by atoms with Crippen molar-refractivity contribution in [2.45, 2.75) is 12.8 Å². The second-order valence-corrected chi connectivity index (χ2v) is 6.42. The van der Waals surface area contributed by atoms with Crippen molar-refractivity contribution in [2.75, 3.05) is 23.3 Å². The molecule has 2 aromatic carbocycles. The van der Waals surface area contributed by atoms with Crippen molar-refractivity contribution >= 4 is 29.1 Å². The van der Waals surface area contributed by atoms with Crippen LogP contribution in [0.5, 0.6) is 0 Å². The summed E-state index contributed by atoms with van der Waals surface area (Å²) in [5.74, 6) is 1.37. The maximum atomic E-state index is 6.02. The Hall–Kier alpha value is -2.66. The number of hydrogen-bond acceptors (Lipinski definition) is 5. The molecule has 1 aliphatic rings. The van der Waals surface area contributed by atoms with Crippen molar-refractivity contribution in [3.63, 3.8) is 0 Å². The molecular weight excluding hydrogens is 334 g/mol. The maximum absolute atomic E-state index is 6.02. The van der Waals surface area contributed by atoms with E-state index in [9.17, 15) is 0 Å². The molecule has 1 aliphatic heterocycles. The molecule has 0 spiro atoms. The number of anilines is 3. The molecule has 0 bridgehead atoms. The van der Waals surface area contributed by atoms with Crippen molar-refractivity contribution in [1.82, 2.24) is 15.2 Å². The van der Waals surface area contributed by atoms with E-state index in [1.54, 1.807) is 6.20 Å². The first kappa shape index (κ1) is 15.8. The molecule has 1 N–H and O–H groups in total. The van der Waals surface area contributed by atoms with Crippen molar-refractivity contribution in [3.8, 4) is 0 Å². The fraction of sp³-hybridized carbons (Fsp3) is 0.211. The lowest BCUT2D eigenvalue weighted by Gasteiger charge is -2.17. The molecule has 0 unspecified atom stereocenters. The van der Waals surface area contributed by atoms with Crippen LogP contribution in [0, 0.1) is 0 Å². The number of rotatable bonds is 5. The van der Waals surface area contributed by atoms with Gasteiger partial charge in [0.2, 0.25) is 0 Å². The lowest BCUT2D eigenvalue weighted by molar-refractivity contribution is 0.879. The molecule has 4 rings (SSSR count). The average molecular weight is 352 g/mol. The third-order valence-corrected chi connectivity index (χ3v) is 4.52. The summed E-state index contributed by atoms with van der Waals surface area (Å²) < 4.78 is 0. The van der Waals surface area contributed by atoms with Gasteiger partial charge in [-0.25, -0.2) is 0 Å². The molecule has 1 aromatic heterocycles. The molecule has 5 nitrogen and oxygen atoms in total. The van der Waals surface area contributed by atoms with Crippen molar-refractivity contribution < 1.29 is 0 Å². The zero-order valence-corrected chi connectivity index (χ0v) is 14.4. The molecule has 0 radical (unpaired) electrons. The van der Waals surface area contributed by atoms with Crippen LogP contribution in [-0.4, -0.2) is 28.3 Å². The topological polar surface area (TPSA) is 53.9 Å². The second-order valence-electron chi connectivity index (χ2n) is 5.98. The number of nitrogens with one attached hydrogen (secondary N) is 1. The number of aromatic nitrogens is 3. The molecular formula is C19H18ClN5. The van der Waals surface area contributed by atoms with Gasteiger partial charge in [-0.3, -0.25) is 0 Å². The normalized spacial score (nSPS) is 12.9. The van der Waals surface area contributed by atoms with E-state index in [0.717, 1.165) is 36.8 Å². The van der Waals surface area contributed by atoms with Crippen LogP contribution in [0.3, 0.4) is 0 Å². The first-order chi connectivity index (χ1) is 12.3. The Balaban J connectivity index is 1.44. The Kier molecular flexibility index (Phi) is 4.48. The van der Waals surface area contributed by atoms with E-state index in [-0.39, 0.29) is 0 Å². The molecule has 25 heavy (non-hydrogen) atoms. The maximum Gasteiger partial charge on any atom is 0.251 e. The average Bonchev–Trinajstić information content (AvgIpc) is 3.06. The van der Waals surface area contributed by atoms with E-state index < -0.39 is 0 Å². The van der Waals surface area contributed by atoms with Gasteiger partial charge in [-0.15, -0.1) is 5.10 Å². The summed E-state index contributed by atoms with van der Waals surface area (Å²) in [6, 6.07) is 16.2. The highest BCUT2D eigenvalue weighted by atomic mass is 35.5. The number of fused-ring (bicyclic) bond motifs is 1. The zero-order chi connectivity index (χ0) is 17.1. The van der Waals surface area contributed by atoms with Gasteiger partial charge in [0.25, 0.3) is 5.95 Å². The van der Waals surface area contributed by atoms with E-state index in [1.165, 1.54) is 16.8 Å². The smallest absolute Gasteiger partial charge is 0.251 e. The SMILES string of the molecule is Clc1cccc(CCNc2cnnc(N3CCc4ccccc43)n2)c1. The quantitative estimate of drug-likeness (QED) is 0.756. The number of halogens is 1. The third kappa shape index (κ3) is 3.56. The number of para-hydroxylation sites is 1. The van der Waals surface area contributed by atoms with Crippen molar-refractivity contribution in [3.05, 3.63) is 70.9 Å². The van der Waals surface area contributed by atoms with Crippen LogP contribution in [0.2, 0.25) is 5.02 Å². The summed E-state index contributed by atoms with van der Waals surface area (Å²) in [7, 11) is 0. The highest BCUT2D eigenvalue weighted by molar-refractivity contribution is 6.30. The van der Waals surface area contributed by atoms with Gasteiger partial charge in [0.05, 0.1) is 6.20 Å². The minimum atomic E-state index is 0.637.